The fourth-order valence-electron chi connectivity index (χ4n) is 1.45. The largest absolute Gasteiger partial charge is 0.481 e. The van der Waals surface area contributed by atoms with E-state index in [0.717, 1.165) is 11.8 Å². The van der Waals surface area contributed by atoms with Gasteiger partial charge in [-0.3, -0.25) is 9.59 Å². The fraction of sp³-hybridized carbons (Fsp3) is 0.333. The molecule has 1 N–H and O–H groups in total. The summed E-state index contributed by atoms with van der Waals surface area (Å²) in [6, 6.07) is 7.31. The molecule has 0 spiro atoms. The lowest BCUT2D eigenvalue weighted by Crippen LogP contribution is -2.21. The Morgan fingerprint density at radius 3 is 2.75 bits per heavy atom. The molecule has 0 aliphatic carbocycles. The Kier molecular flexibility index (Phi) is 4.66. The van der Waals surface area contributed by atoms with Gasteiger partial charge < -0.3 is 10.0 Å². The van der Waals surface area contributed by atoms with Gasteiger partial charge in [-0.1, -0.05) is 24.3 Å². The Morgan fingerprint density at radius 2 is 2.12 bits per heavy atom. The van der Waals surface area contributed by atoms with Gasteiger partial charge in [0.1, 0.15) is 6.29 Å². The zero-order chi connectivity index (χ0) is 12.0. The summed E-state index contributed by atoms with van der Waals surface area (Å²) in [5, 5.41) is 8.55. The summed E-state index contributed by atoms with van der Waals surface area (Å²) in [6.45, 7) is 1.06. The summed E-state index contributed by atoms with van der Waals surface area (Å²) in [6.07, 6.45) is 0.931. The van der Waals surface area contributed by atoms with Crippen LogP contribution in [0.15, 0.2) is 24.3 Å². The van der Waals surface area contributed by atoms with Crippen LogP contribution in [0.2, 0.25) is 0 Å². The third-order valence-electron chi connectivity index (χ3n) is 2.33. The molecule has 0 atom stereocenters. The van der Waals surface area contributed by atoms with Crippen molar-refractivity contribution in [2.45, 2.75) is 13.0 Å². The van der Waals surface area contributed by atoms with Crippen molar-refractivity contribution in [3.63, 3.8) is 0 Å². The zero-order valence-corrected chi connectivity index (χ0v) is 9.22. The first-order valence-electron chi connectivity index (χ1n) is 5.07. The molecule has 16 heavy (non-hydrogen) atoms. The van der Waals surface area contributed by atoms with Crippen LogP contribution >= 0.6 is 0 Å². The second-order valence-corrected chi connectivity index (χ2v) is 3.70. The minimum absolute atomic E-state index is 0.111. The first-order valence-corrected chi connectivity index (χ1v) is 5.07. The van der Waals surface area contributed by atoms with Crippen molar-refractivity contribution in [1.82, 2.24) is 4.90 Å². The van der Waals surface area contributed by atoms with Gasteiger partial charge >= 0.3 is 5.97 Å². The molecule has 0 aliphatic heterocycles. The highest BCUT2D eigenvalue weighted by Crippen LogP contribution is 2.08. The molecule has 0 aromatic heterocycles. The molecular formula is C12H15NO3. The van der Waals surface area contributed by atoms with Gasteiger partial charge in [-0.05, 0) is 12.6 Å². The van der Waals surface area contributed by atoms with Gasteiger partial charge in [0.05, 0.1) is 6.42 Å². The highest BCUT2D eigenvalue weighted by Gasteiger charge is 2.06. The first-order chi connectivity index (χ1) is 7.63. The van der Waals surface area contributed by atoms with Crippen LogP contribution in [0.3, 0.4) is 0 Å². The second-order valence-electron chi connectivity index (χ2n) is 3.70. The molecule has 0 heterocycles. The van der Waals surface area contributed by atoms with Crippen molar-refractivity contribution in [3.05, 3.63) is 35.4 Å². The quantitative estimate of drug-likeness (QED) is 0.738. The molecule has 1 aromatic carbocycles. The van der Waals surface area contributed by atoms with Gasteiger partial charge in [0.15, 0.2) is 0 Å². The van der Waals surface area contributed by atoms with Gasteiger partial charge in [-0.2, -0.15) is 0 Å². The van der Waals surface area contributed by atoms with E-state index in [1.54, 1.807) is 6.07 Å². The average molecular weight is 221 g/mol. The molecule has 0 aliphatic rings. The topological polar surface area (TPSA) is 57.6 Å². The molecule has 0 fully saturated rings. The number of nitrogens with zero attached hydrogens (tertiary/aromatic N) is 1. The third kappa shape index (κ3) is 3.82. The van der Waals surface area contributed by atoms with Gasteiger partial charge in [0.2, 0.25) is 0 Å². The van der Waals surface area contributed by atoms with Crippen LogP contribution in [-0.4, -0.2) is 35.9 Å². The van der Waals surface area contributed by atoms with E-state index in [-0.39, 0.29) is 6.42 Å². The van der Waals surface area contributed by atoms with Crippen molar-refractivity contribution in [2.24, 2.45) is 0 Å². The van der Waals surface area contributed by atoms with Crippen molar-refractivity contribution in [1.29, 1.82) is 0 Å². The van der Waals surface area contributed by atoms with Crippen LogP contribution in [0.4, 0.5) is 0 Å². The number of carboxylic acid groups (broad SMARTS) is 1. The van der Waals surface area contributed by atoms with Crippen LogP contribution in [0.25, 0.3) is 0 Å². The SMILES string of the molecule is CN(CCC(=O)O)Cc1ccccc1C=O. The Labute approximate surface area is 94.5 Å². The van der Waals surface area contributed by atoms with Gasteiger partial charge in [0, 0.05) is 18.7 Å². The zero-order valence-electron chi connectivity index (χ0n) is 9.22. The smallest absolute Gasteiger partial charge is 0.304 e. The normalized spacial score (nSPS) is 10.4. The third-order valence-corrected chi connectivity index (χ3v) is 2.33. The molecule has 0 radical (unpaired) electrons. The standard InChI is InChI=1S/C12H15NO3/c1-13(7-6-12(15)16)8-10-4-2-3-5-11(10)9-14/h2-5,9H,6-8H2,1H3,(H,15,16). The number of aliphatic carboxylic acids is 1. The molecule has 86 valence electrons. The predicted octanol–water partition coefficient (Wildman–Crippen LogP) is 1.41. The van der Waals surface area contributed by atoms with E-state index in [9.17, 15) is 9.59 Å². The van der Waals surface area contributed by atoms with E-state index < -0.39 is 5.97 Å². The fourth-order valence-corrected chi connectivity index (χ4v) is 1.45. The number of benzene rings is 1. The maximum atomic E-state index is 10.8. The molecular weight excluding hydrogens is 206 g/mol. The van der Waals surface area contributed by atoms with Crippen LogP contribution < -0.4 is 0 Å². The summed E-state index contributed by atoms with van der Waals surface area (Å²) in [5.41, 5.74) is 1.58. The maximum Gasteiger partial charge on any atom is 0.304 e. The molecule has 1 rings (SSSR count). The minimum atomic E-state index is -0.810. The molecule has 4 nitrogen and oxygen atoms in total. The lowest BCUT2D eigenvalue weighted by Gasteiger charge is -2.16. The summed E-state index contributed by atoms with van der Waals surface area (Å²) >= 11 is 0. The first kappa shape index (κ1) is 12.4. The van der Waals surface area contributed by atoms with E-state index in [1.807, 2.05) is 30.1 Å². The second kappa shape index (κ2) is 6.02. The number of aldehydes is 1. The van der Waals surface area contributed by atoms with Crippen LogP contribution in [0, 0.1) is 0 Å². The Bertz CT molecular complexity index is 376. The van der Waals surface area contributed by atoms with Crippen molar-refractivity contribution >= 4 is 12.3 Å². The van der Waals surface area contributed by atoms with Crippen LogP contribution in [0.5, 0.6) is 0 Å². The molecule has 0 saturated carbocycles. The van der Waals surface area contributed by atoms with Gasteiger partial charge in [-0.25, -0.2) is 0 Å². The number of carbonyl (C=O) groups excluding carboxylic acids is 1. The number of carboxylic acids is 1. The number of carbonyl (C=O) groups is 2. The number of hydrogen-bond donors (Lipinski definition) is 1. The summed E-state index contributed by atoms with van der Waals surface area (Å²) < 4.78 is 0. The molecule has 0 amide bonds. The maximum absolute atomic E-state index is 10.8. The molecule has 1 aromatic rings. The predicted molar refractivity (Wildman–Crippen MR) is 60.4 cm³/mol. The van der Waals surface area contributed by atoms with E-state index >= 15 is 0 Å². The Morgan fingerprint density at radius 1 is 1.44 bits per heavy atom. The van der Waals surface area contributed by atoms with Crippen molar-refractivity contribution < 1.29 is 14.7 Å². The number of rotatable bonds is 6. The highest BCUT2D eigenvalue weighted by atomic mass is 16.4. The summed E-state index contributed by atoms with van der Waals surface area (Å²) in [7, 11) is 1.84. The van der Waals surface area contributed by atoms with Crippen molar-refractivity contribution in [3.8, 4) is 0 Å². The lowest BCUT2D eigenvalue weighted by atomic mass is 10.1. The van der Waals surface area contributed by atoms with E-state index in [1.165, 1.54) is 0 Å². The Balaban J connectivity index is 2.58. The summed E-state index contributed by atoms with van der Waals surface area (Å²) in [5.74, 6) is -0.810. The molecule has 4 heteroatoms. The van der Waals surface area contributed by atoms with Crippen LogP contribution in [-0.2, 0) is 11.3 Å². The van der Waals surface area contributed by atoms with E-state index in [2.05, 4.69) is 0 Å². The van der Waals surface area contributed by atoms with Gasteiger partial charge in [-0.15, -0.1) is 0 Å². The monoisotopic (exact) mass is 221 g/mol. The van der Waals surface area contributed by atoms with E-state index in [0.29, 0.717) is 18.7 Å². The molecule has 0 bridgehead atoms. The average Bonchev–Trinajstić information content (AvgIpc) is 2.27. The van der Waals surface area contributed by atoms with Crippen molar-refractivity contribution in [2.75, 3.05) is 13.6 Å². The molecule has 0 unspecified atom stereocenters. The molecule has 0 saturated heterocycles. The Hall–Kier alpha value is -1.68. The number of hydrogen-bond acceptors (Lipinski definition) is 3. The van der Waals surface area contributed by atoms with Crippen LogP contribution in [0.1, 0.15) is 22.3 Å². The summed E-state index contributed by atoms with van der Waals surface area (Å²) in [4.78, 5) is 23.0. The van der Waals surface area contributed by atoms with E-state index in [4.69, 9.17) is 5.11 Å². The minimum Gasteiger partial charge on any atom is -0.481 e. The highest BCUT2D eigenvalue weighted by molar-refractivity contribution is 5.77. The lowest BCUT2D eigenvalue weighted by molar-refractivity contribution is -0.137. The van der Waals surface area contributed by atoms with Gasteiger partial charge in [0.25, 0.3) is 0 Å².